The fraction of sp³-hybridized carbons (Fsp3) is 0.250. The van der Waals surface area contributed by atoms with Crippen LogP contribution in [-0.2, 0) is 21.7 Å². The van der Waals surface area contributed by atoms with E-state index in [0.29, 0.717) is 4.90 Å². The number of carbonyl (C=O) groups excluding carboxylic acids is 3. The molecule has 1 fully saturated rings. The first kappa shape index (κ1) is 22.1. The minimum atomic E-state index is -4.87. The van der Waals surface area contributed by atoms with Gasteiger partial charge in [0.2, 0.25) is 5.91 Å². The molecule has 0 aromatic heterocycles. The predicted molar refractivity (Wildman–Crippen MR) is 99.0 cm³/mol. The Labute approximate surface area is 174 Å². The summed E-state index contributed by atoms with van der Waals surface area (Å²) in [6.07, 6.45) is -4.87. The average Bonchev–Trinajstić information content (AvgIpc) is 2.90. The second-order valence-corrected chi connectivity index (χ2v) is 6.89. The van der Waals surface area contributed by atoms with Crippen LogP contribution in [0.2, 0.25) is 0 Å². The zero-order chi connectivity index (χ0) is 22.8. The Balaban J connectivity index is 1.67. The van der Waals surface area contributed by atoms with E-state index in [2.05, 4.69) is 15.4 Å². The van der Waals surface area contributed by atoms with Crippen molar-refractivity contribution >= 4 is 17.8 Å². The Hall–Kier alpha value is -3.63. The van der Waals surface area contributed by atoms with Crippen molar-refractivity contribution in [2.24, 2.45) is 0 Å². The summed E-state index contributed by atoms with van der Waals surface area (Å²) in [5.41, 5.74) is -1.15. The van der Waals surface area contributed by atoms with Crippen molar-refractivity contribution in [3.8, 4) is 5.75 Å². The fourth-order valence-electron chi connectivity index (χ4n) is 3.06. The van der Waals surface area contributed by atoms with Gasteiger partial charge in [0.05, 0.1) is 0 Å². The number of hydrogen-bond donors (Lipinski definition) is 2. The molecule has 1 aliphatic heterocycles. The standard InChI is InChI=1S/C20H17F4N3O4/c1-19(13-6-8-14(9-7-13)31-20(22,23)24)17(29)27(18(30)26-19)11-16(28)25-10-12-4-2-3-5-15(12)21/h2-9H,10-11H2,1H3,(H,25,28)(H,26,30). The highest BCUT2D eigenvalue weighted by molar-refractivity contribution is 6.09. The van der Waals surface area contributed by atoms with Crippen LogP contribution in [0.25, 0.3) is 0 Å². The van der Waals surface area contributed by atoms with Gasteiger partial charge in [-0.1, -0.05) is 30.3 Å². The van der Waals surface area contributed by atoms with Crippen LogP contribution in [-0.4, -0.2) is 35.7 Å². The molecule has 4 amide bonds. The zero-order valence-corrected chi connectivity index (χ0v) is 16.1. The molecule has 164 valence electrons. The maximum atomic E-state index is 13.6. The van der Waals surface area contributed by atoms with Gasteiger partial charge in [0, 0.05) is 12.1 Å². The third-order valence-corrected chi connectivity index (χ3v) is 4.68. The van der Waals surface area contributed by atoms with E-state index in [1.54, 1.807) is 6.07 Å². The van der Waals surface area contributed by atoms with Crippen LogP contribution in [0.15, 0.2) is 48.5 Å². The highest BCUT2D eigenvalue weighted by atomic mass is 19.4. The number of nitrogens with one attached hydrogen (secondary N) is 2. The number of hydrogen-bond acceptors (Lipinski definition) is 4. The normalized spacial score (nSPS) is 18.7. The van der Waals surface area contributed by atoms with Gasteiger partial charge in [0.1, 0.15) is 23.7 Å². The van der Waals surface area contributed by atoms with Gasteiger partial charge < -0.3 is 15.4 Å². The van der Waals surface area contributed by atoms with E-state index in [9.17, 15) is 31.9 Å². The minimum absolute atomic E-state index is 0.132. The van der Waals surface area contributed by atoms with E-state index in [1.165, 1.54) is 37.3 Å². The quantitative estimate of drug-likeness (QED) is 0.535. The molecule has 7 nitrogen and oxygen atoms in total. The topological polar surface area (TPSA) is 87.7 Å². The molecule has 3 rings (SSSR count). The van der Waals surface area contributed by atoms with Gasteiger partial charge in [-0.15, -0.1) is 13.2 Å². The lowest BCUT2D eigenvalue weighted by atomic mass is 9.92. The Kier molecular flexibility index (Phi) is 5.87. The fourth-order valence-corrected chi connectivity index (χ4v) is 3.06. The molecule has 2 N–H and O–H groups in total. The van der Waals surface area contributed by atoms with Crippen LogP contribution in [0.1, 0.15) is 18.1 Å². The van der Waals surface area contributed by atoms with Crippen LogP contribution in [0.4, 0.5) is 22.4 Å². The van der Waals surface area contributed by atoms with Crippen molar-refractivity contribution < 1.29 is 36.7 Å². The Morgan fingerprint density at radius 3 is 2.39 bits per heavy atom. The molecule has 1 unspecified atom stereocenters. The van der Waals surface area contributed by atoms with E-state index in [0.717, 1.165) is 12.1 Å². The Bertz CT molecular complexity index is 1010. The van der Waals surface area contributed by atoms with E-state index in [1.807, 2.05) is 0 Å². The number of ether oxygens (including phenoxy) is 1. The minimum Gasteiger partial charge on any atom is -0.406 e. The van der Waals surface area contributed by atoms with Crippen LogP contribution in [0.5, 0.6) is 5.75 Å². The van der Waals surface area contributed by atoms with Crippen LogP contribution < -0.4 is 15.4 Å². The summed E-state index contributed by atoms with van der Waals surface area (Å²) in [6.45, 7) is 0.626. The molecule has 11 heteroatoms. The third-order valence-electron chi connectivity index (χ3n) is 4.68. The number of amides is 4. The molecule has 0 aliphatic carbocycles. The van der Waals surface area contributed by atoms with Gasteiger partial charge in [0.15, 0.2) is 0 Å². The lowest BCUT2D eigenvalue weighted by molar-refractivity contribution is -0.274. The number of benzene rings is 2. The van der Waals surface area contributed by atoms with Crippen molar-refractivity contribution in [3.05, 3.63) is 65.5 Å². The first-order chi connectivity index (χ1) is 14.5. The first-order valence-electron chi connectivity index (χ1n) is 9.00. The second-order valence-electron chi connectivity index (χ2n) is 6.89. The highest BCUT2D eigenvalue weighted by Gasteiger charge is 2.49. The van der Waals surface area contributed by atoms with Crippen molar-refractivity contribution in [3.63, 3.8) is 0 Å². The molecule has 1 heterocycles. The van der Waals surface area contributed by atoms with Gasteiger partial charge in [0.25, 0.3) is 5.91 Å². The van der Waals surface area contributed by atoms with Crippen molar-refractivity contribution in [2.75, 3.05) is 6.54 Å². The van der Waals surface area contributed by atoms with Crippen LogP contribution in [0.3, 0.4) is 0 Å². The summed E-state index contributed by atoms with van der Waals surface area (Å²) in [4.78, 5) is 37.9. The molecule has 1 aliphatic rings. The molecular formula is C20H17F4N3O4. The molecule has 31 heavy (non-hydrogen) atoms. The summed E-state index contributed by atoms with van der Waals surface area (Å²) < 4.78 is 54.3. The van der Waals surface area contributed by atoms with Crippen molar-refractivity contribution in [1.82, 2.24) is 15.5 Å². The summed E-state index contributed by atoms with van der Waals surface area (Å²) in [5, 5.41) is 4.86. The van der Waals surface area contributed by atoms with Crippen LogP contribution >= 0.6 is 0 Å². The number of imide groups is 1. The molecule has 0 saturated carbocycles. The molecular weight excluding hydrogens is 422 g/mol. The number of halogens is 4. The van der Waals surface area contributed by atoms with Gasteiger partial charge in [-0.05, 0) is 30.7 Å². The number of nitrogens with zero attached hydrogens (tertiary/aromatic N) is 1. The van der Waals surface area contributed by atoms with E-state index in [-0.39, 0.29) is 17.7 Å². The SMILES string of the molecule is CC1(c2ccc(OC(F)(F)F)cc2)NC(=O)N(CC(=O)NCc2ccccc2F)C1=O. The summed E-state index contributed by atoms with van der Waals surface area (Å²) in [5.74, 6) is -2.45. The van der Waals surface area contributed by atoms with Crippen molar-refractivity contribution in [1.29, 1.82) is 0 Å². The molecule has 0 spiro atoms. The maximum absolute atomic E-state index is 13.6. The lowest BCUT2D eigenvalue weighted by Gasteiger charge is -2.22. The van der Waals surface area contributed by atoms with Gasteiger partial charge in [-0.3, -0.25) is 14.5 Å². The van der Waals surface area contributed by atoms with Gasteiger partial charge in [-0.25, -0.2) is 9.18 Å². The molecule has 1 saturated heterocycles. The number of rotatable bonds is 6. The smallest absolute Gasteiger partial charge is 0.406 e. The monoisotopic (exact) mass is 439 g/mol. The van der Waals surface area contributed by atoms with Gasteiger partial charge in [-0.2, -0.15) is 0 Å². The van der Waals surface area contributed by atoms with E-state index >= 15 is 0 Å². The molecule has 0 bridgehead atoms. The second kappa shape index (κ2) is 8.25. The summed E-state index contributed by atoms with van der Waals surface area (Å²) in [7, 11) is 0. The zero-order valence-electron chi connectivity index (χ0n) is 16.1. The van der Waals surface area contributed by atoms with E-state index < -0.39 is 47.9 Å². The number of carbonyl (C=O) groups is 3. The number of urea groups is 1. The molecule has 0 radical (unpaired) electrons. The largest absolute Gasteiger partial charge is 0.573 e. The average molecular weight is 439 g/mol. The third kappa shape index (κ3) is 4.93. The van der Waals surface area contributed by atoms with Gasteiger partial charge >= 0.3 is 12.4 Å². The summed E-state index contributed by atoms with van der Waals surface area (Å²) >= 11 is 0. The Morgan fingerprint density at radius 1 is 1.13 bits per heavy atom. The predicted octanol–water partition coefficient (Wildman–Crippen LogP) is 2.81. The Morgan fingerprint density at radius 2 is 1.77 bits per heavy atom. The van der Waals surface area contributed by atoms with Crippen LogP contribution in [0, 0.1) is 5.82 Å². The molecule has 2 aromatic carbocycles. The highest BCUT2D eigenvalue weighted by Crippen LogP contribution is 2.31. The number of alkyl halides is 3. The van der Waals surface area contributed by atoms with E-state index in [4.69, 9.17) is 0 Å². The first-order valence-corrected chi connectivity index (χ1v) is 9.00. The molecule has 1 atom stereocenters. The summed E-state index contributed by atoms with van der Waals surface area (Å²) in [6, 6.07) is 9.40. The molecule has 2 aromatic rings. The lowest BCUT2D eigenvalue weighted by Crippen LogP contribution is -2.43. The van der Waals surface area contributed by atoms with Crippen molar-refractivity contribution in [2.45, 2.75) is 25.4 Å². The maximum Gasteiger partial charge on any atom is 0.573 e.